The van der Waals surface area contributed by atoms with Gasteiger partial charge < -0.3 is 23.8 Å². The van der Waals surface area contributed by atoms with Crippen molar-refractivity contribution in [2.75, 3.05) is 21.0 Å². The van der Waals surface area contributed by atoms with Crippen LogP contribution in [0.1, 0.15) is 17.5 Å². The van der Waals surface area contributed by atoms with Crippen molar-refractivity contribution < 1.29 is 23.8 Å². The Bertz CT molecular complexity index is 850. The minimum absolute atomic E-state index is 0.0975. The van der Waals surface area contributed by atoms with Crippen LogP contribution in [0.4, 0.5) is 0 Å². The van der Waals surface area contributed by atoms with Crippen molar-refractivity contribution in [3.63, 3.8) is 0 Å². The number of benzene rings is 2. The SMILES string of the molecule is COc1cc(C[C@@H]2CC(c3ccc(Cl)cc3)=NO2)c(OC)c2c1OCO2. The molecule has 1 atom stereocenters. The van der Waals surface area contributed by atoms with Gasteiger partial charge in [-0.3, -0.25) is 0 Å². The summed E-state index contributed by atoms with van der Waals surface area (Å²) in [5, 5.41) is 4.93. The fourth-order valence-electron chi connectivity index (χ4n) is 3.19. The molecular formula is C19H18ClNO5. The van der Waals surface area contributed by atoms with Gasteiger partial charge in [-0.25, -0.2) is 0 Å². The van der Waals surface area contributed by atoms with Crippen molar-refractivity contribution in [1.82, 2.24) is 0 Å². The highest BCUT2D eigenvalue weighted by atomic mass is 35.5. The molecule has 6 nitrogen and oxygen atoms in total. The summed E-state index contributed by atoms with van der Waals surface area (Å²) in [5.74, 6) is 2.39. The van der Waals surface area contributed by atoms with E-state index < -0.39 is 0 Å². The van der Waals surface area contributed by atoms with Crippen LogP contribution in [0.25, 0.3) is 0 Å². The van der Waals surface area contributed by atoms with Gasteiger partial charge in [0.1, 0.15) is 6.10 Å². The number of ether oxygens (including phenoxy) is 4. The predicted molar refractivity (Wildman–Crippen MR) is 96.9 cm³/mol. The summed E-state index contributed by atoms with van der Waals surface area (Å²) >= 11 is 5.94. The molecule has 0 fully saturated rings. The molecule has 2 aliphatic rings. The van der Waals surface area contributed by atoms with Gasteiger partial charge >= 0.3 is 0 Å². The second-order valence-corrected chi connectivity index (χ2v) is 6.45. The minimum atomic E-state index is -0.0975. The lowest BCUT2D eigenvalue weighted by Gasteiger charge is -2.15. The summed E-state index contributed by atoms with van der Waals surface area (Å²) in [4.78, 5) is 5.63. The molecule has 0 saturated carbocycles. The zero-order valence-corrected chi connectivity index (χ0v) is 15.2. The number of nitrogens with zero attached hydrogens (tertiary/aromatic N) is 1. The van der Waals surface area contributed by atoms with E-state index in [0.29, 0.717) is 40.9 Å². The Balaban J connectivity index is 1.54. The summed E-state index contributed by atoms with van der Waals surface area (Å²) in [7, 11) is 3.21. The van der Waals surface area contributed by atoms with Crippen LogP contribution in [0.5, 0.6) is 23.0 Å². The van der Waals surface area contributed by atoms with Crippen molar-refractivity contribution >= 4 is 17.3 Å². The van der Waals surface area contributed by atoms with E-state index in [2.05, 4.69) is 5.16 Å². The van der Waals surface area contributed by atoms with Gasteiger partial charge in [-0.2, -0.15) is 0 Å². The first kappa shape index (κ1) is 16.8. The Kier molecular flexibility index (Phi) is 4.51. The van der Waals surface area contributed by atoms with Gasteiger partial charge in [0.15, 0.2) is 11.5 Å². The van der Waals surface area contributed by atoms with Gasteiger partial charge in [-0.1, -0.05) is 28.9 Å². The maximum absolute atomic E-state index is 5.94. The fraction of sp³-hybridized carbons (Fsp3) is 0.316. The van der Waals surface area contributed by atoms with E-state index in [4.69, 9.17) is 35.4 Å². The Morgan fingerprint density at radius 1 is 1.12 bits per heavy atom. The molecule has 136 valence electrons. The number of fused-ring (bicyclic) bond motifs is 1. The molecule has 0 bridgehead atoms. The third-order valence-electron chi connectivity index (χ3n) is 4.42. The largest absolute Gasteiger partial charge is 0.493 e. The molecule has 4 rings (SSSR count). The van der Waals surface area contributed by atoms with E-state index in [1.807, 2.05) is 30.3 Å². The summed E-state index contributed by atoms with van der Waals surface area (Å²) < 4.78 is 22.0. The summed E-state index contributed by atoms with van der Waals surface area (Å²) in [6.07, 6.45) is 1.21. The molecule has 0 spiro atoms. The lowest BCUT2D eigenvalue weighted by Crippen LogP contribution is -2.13. The van der Waals surface area contributed by atoms with Crippen molar-refractivity contribution in [3.05, 3.63) is 46.5 Å². The average Bonchev–Trinajstić information content (AvgIpc) is 3.31. The Morgan fingerprint density at radius 2 is 1.88 bits per heavy atom. The highest BCUT2D eigenvalue weighted by molar-refractivity contribution is 6.30. The van der Waals surface area contributed by atoms with Crippen LogP contribution in [0.2, 0.25) is 5.02 Å². The van der Waals surface area contributed by atoms with Crippen LogP contribution in [0.3, 0.4) is 0 Å². The first-order valence-electron chi connectivity index (χ1n) is 8.21. The number of hydrogen-bond acceptors (Lipinski definition) is 6. The molecule has 0 aromatic heterocycles. The van der Waals surface area contributed by atoms with Crippen LogP contribution < -0.4 is 18.9 Å². The van der Waals surface area contributed by atoms with E-state index in [-0.39, 0.29) is 12.9 Å². The zero-order chi connectivity index (χ0) is 18.1. The molecule has 26 heavy (non-hydrogen) atoms. The maximum Gasteiger partial charge on any atom is 0.231 e. The maximum atomic E-state index is 5.94. The summed E-state index contributed by atoms with van der Waals surface area (Å²) in [6.45, 7) is 0.148. The van der Waals surface area contributed by atoms with Gasteiger partial charge in [0, 0.05) is 23.4 Å². The highest BCUT2D eigenvalue weighted by Crippen LogP contribution is 2.50. The van der Waals surface area contributed by atoms with Gasteiger partial charge in [0.2, 0.25) is 18.3 Å². The molecular weight excluding hydrogens is 358 g/mol. The summed E-state index contributed by atoms with van der Waals surface area (Å²) in [6, 6.07) is 9.47. The molecule has 0 aliphatic carbocycles. The normalized spacial score (nSPS) is 17.7. The number of oxime groups is 1. The van der Waals surface area contributed by atoms with Gasteiger partial charge in [0.25, 0.3) is 0 Å². The predicted octanol–water partition coefficient (Wildman–Crippen LogP) is 3.82. The standard InChI is InChI=1S/C19H18ClNO5/c1-22-16-8-12(17(23-2)19-18(16)24-10-25-19)7-14-9-15(21-26-14)11-3-5-13(20)6-4-11/h3-6,8,14H,7,9-10H2,1-2H3/t14-/m1/s1. The van der Waals surface area contributed by atoms with E-state index in [0.717, 1.165) is 16.8 Å². The second-order valence-electron chi connectivity index (χ2n) is 6.02. The number of methoxy groups -OCH3 is 2. The highest BCUT2D eigenvalue weighted by Gasteiger charge is 2.30. The van der Waals surface area contributed by atoms with Crippen molar-refractivity contribution in [3.8, 4) is 23.0 Å². The smallest absolute Gasteiger partial charge is 0.231 e. The van der Waals surface area contributed by atoms with E-state index >= 15 is 0 Å². The first-order chi connectivity index (χ1) is 12.7. The Labute approximate surface area is 156 Å². The lowest BCUT2D eigenvalue weighted by molar-refractivity contribution is 0.0853. The molecule has 0 radical (unpaired) electrons. The zero-order valence-electron chi connectivity index (χ0n) is 14.5. The third kappa shape index (κ3) is 3.01. The molecule has 0 saturated heterocycles. The van der Waals surface area contributed by atoms with Crippen LogP contribution in [0, 0.1) is 0 Å². The molecule has 0 amide bonds. The molecule has 0 N–H and O–H groups in total. The monoisotopic (exact) mass is 375 g/mol. The van der Waals surface area contributed by atoms with Crippen molar-refractivity contribution in [2.45, 2.75) is 18.9 Å². The first-order valence-corrected chi connectivity index (χ1v) is 8.59. The van der Waals surface area contributed by atoms with Crippen molar-refractivity contribution in [2.24, 2.45) is 5.16 Å². The van der Waals surface area contributed by atoms with E-state index in [1.165, 1.54) is 0 Å². The third-order valence-corrected chi connectivity index (χ3v) is 4.67. The Hall–Kier alpha value is -2.60. The van der Waals surface area contributed by atoms with E-state index in [1.54, 1.807) is 14.2 Å². The minimum Gasteiger partial charge on any atom is -0.493 e. The van der Waals surface area contributed by atoms with Crippen LogP contribution in [-0.2, 0) is 11.3 Å². The number of hydrogen-bond donors (Lipinski definition) is 0. The molecule has 2 heterocycles. The quantitative estimate of drug-likeness (QED) is 0.795. The van der Waals surface area contributed by atoms with E-state index in [9.17, 15) is 0 Å². The molecule has 2 aromatic rings. The van der Waals surface area contributed by atoms with Crippen LogP contribution in [0.15, 0.2) is 35.5 Å². The number of halogens is 1. The molecule has 7 heteroatoms. The van der Waals surface area contributed by atoms with Gasteiger partial charge in [-0.05, 0) is 23.8 Å². The van der Waals surface area contributed by atoms with Crippen molar-refractivity contribution in [1.29, 1.82) is 0 Å². The average molecular weight is 376 g/mol. The Morgan fingerprint density at radius 3 is 2.62 bits per heavy atom. The summed E-state index contributed by atoms with van der Waals surface area (Å²) in [5.41, 5.74) is 2.83. The molecule has 0 unspecified atom stereocenters. The van der Waals surface area contributed by atoms with Gasteiger partial charge in [-0.15, -0.1) is 0 Å². The van der Waals surface area contributed by atoms with Crippen LogP contribution >= 0.6 is 11.6 Å². The molecule has 2 aromatic carbocycles. The molecule has 2 aliphatic heterocycles. The second kappa shape index (κ2) is 6.96. The van der Waals surface area contributed by atoms with Crippen LogP contribution in [-0.4, -0.2) is 32.8 Å². The number of rotatable bonds is 5. The lowest BCUT2D eigenvalue weighted by atomic mass is 9.99. The fourth-order valence-corrected chi connectivity index (χ4v) is 3.31. The van der Waals surface area contributed by atoms with Gasteiger partial charge in [0.05, 0.1) is 19.9 Å². The topological polar surface area (TPSA) is 58.5 Å².